The van der Waals surface area contributed by atoms with Gasteiger partial charge in [-0.25, -0.2) is 4.39 Å². The molecule has 1 aromatic heterocycles. The molecular formula is C20H24FN3O3. The van der Waals surface area contributed by atoms with Crippen molar-refractivity contribution >= 4 is 5.91 Å². The fraction of sp³-hybridized carbons (Fsp3) is 0.550. The number of hydrogen-bond donors (Lipinski definition) is 0. The van der Waals surface area contributed by atoms with Gasteiger partial charge >= 0.3 is 0 Å². The van der Waals surface area contributed by atoms with Crippen molar-refractivity contribution in [1.29, 1.82) is 0 Å². The van der Waals surface area contributed by atoms with Gasteiger partial charge < -0.3 is 14.2 Å². The molecule has 2 saturated heterocycles. The molecule has 1 atom stereocenters. The zero-order chi connectivity index (χ0) is 18.6. The molecule has 6 nitrogen and oxygen atoms in total. The predicted molar refractivity (Wildman–Crippen MR) is 95.8 cm³/mol. The highest BCUT2D eigenvalue weighted by molar-refractivity contribution is 5.79. The maximum Gasteiger partial charge on any atom is 0.231 e. The Kier molecular flexibility index (Phi) is 5.48. The first-order chi connectivity index (χ1) is 13.2. The van der Waals surface area contributed by atoms with Crippen molar-refractivity contribution in [3.8, 4) is 0 Å². The maximum absolute atomic E-state index is 13.8. The highest BCUT2D eigenvalue weighted by Crippen LogP contribution is 2.29. The molecular weight excluding hydrogens is 349 g/mol. The second-order valence-electron chi connectivity index (χ2n) is 7.32. The Labute approximate surface area is 157 Å². The normalized spacial score (nSPS) is 21.4. The van der Waals surface area contributed by atoms with Gasteiger partial charge in [-0.2, -0.15) is 4.98 Å². The molecule has 2 aliphatic heterocycles. The summed E-state index contributed by atoms with van der Waals surface area (Å²) >= 11 is 0. The Bertz CT molecular complexity index is 788. The number of hydrogen-bond acceptors (Lipinski definition) is 5. The monoisotopic (exact) mass is 373 g/mol. The van der Waals surface area contributed by atoms with Crippen LogP contribution < -0.4 is 0 Å². The highest BCUT2D eigenvalue weighted by Gasteiger charge is 2.30. The minimum Gasteiger partial charge on any atom is -0.381 e. The number of amides is 1. The molecule has 27 heavy (non-hydrogen) atoms. The van der Waals surface area contributed by atoms with Crippen molar-refractivity contribution in [3.05, 3.63) is 47.4 Å². The van der Waals surface area contributed by atoms with Crippen molar-refractivity contribution in [2.75, 3.05) is 26.3 Å². The smallest absolute Gasteiger partial charge is 0.231 e. The van der Waals surface area contributed by atoms with Crippen LogP contribution in [0.15, 0.2) is 28.8 Å². The molecule has 3 heterocycles. The van der Waals surface area contributed by atoms with E-state index in [1.807, 2.05) is 0 Å². The summed E-state index contributed by atoms with van der Waals surface area (Å²) in [6, 6.07) is 6.43. The summed E-state index contributed by atoms with van der Waals surface area (Å²) in [5, 5.41) is 4.17. The zero-order valence-corrected chi connectivity index (χ0v) is 15.3. The molecule has 0 bridgehead atoms. The van der Waals surface area contributed by atoms with Crippen LogP contribution in [0.2, 0.25) is 0 Å². The number of aromatic nitrogens is 2. The minimum absolute atomic E-state index is 0.0458. The van der Waals surface area contributed by atoms with Crippen LogP contribution in [0, 0.1) is 5.82 Å². The Morgan fingerprint density at radius 2 is 2.00 bits per heavy atom. The van der Waals surface area contributed by atoms with Crippen molar-refractivity contribution in [2.45, 2.75) is 43.9 Å². The third-order valence-corrected chi connectivity index (χ3v) is 5.47. The summed E-state index contributed by atoms with van der Waals surface area (Å²) in [7, 11) is 0. The second kappa shape index (κ2) is 8.17. The lowest BCUT2D eigenvalue weighted by Crippen LogP contribution is -2.40. The number of carbonyl (C=O) groups is 1. The first-order valence-corrected chi connectivity index (χ1v) is 9.63. The first kappa shape index (κ1) is 18.1. The van der Waals surface area contributed by atoms with Gasteiger partial charge in [0.05, 0.1) is 12.3 Å². The summed E-state index contributed by atoms with van der Waals surface area (Å²) in [6.45, 7) is 2.69. The number of rotatable bonds is 4. The molecule has 1 amide bonds. The molecule has 2 aromatic rings. The number of piperidine rings is 1. The molecule has 1 unspecified atom stereocenters. The van der Waals surface area contributed by atoms with E-state index in [0.717, 1.165) is 44.7 Å². The zero-order valence-electron chi connectivity index (χ0n) is 15.3. The van der Waals surface area contributed by atoms with E-state index in [4.69, 9.17) is 9.26 Å². The van der Waals surface area contributed by atoms with Gasteiger partial charge in [-0.05, 0) is 37.3 Å². The van der Waals surface area contributed by atoms with E-state index in [0.29, 0.717) is 30.5 Å². The Morgan fingerprint density at radius 1 is 1.19 bits per heavy atom. The van der Waals surface area contributed by atoms with Crippen molar-refractivity contribution in [1.82, 2.24) is 15.0 Å². The predicted octanol–water partition coefficient (Wildman–Crippen LogP) is 3.05. The largest absolute Gasteiger partial charge is 0.381 e. The number of ether oxygens (including phenoxy) is 1. The van der Waals surface area contributed by atoms with Crippen LogP contribution in [-0.2, 0) is 16.0 Å². The molecule has 7 heteroatoms. The standard InChI is InChI=1S/C20H24FN3O3/c21-17-6-2-1-4-15(17)12-18(25)24-9-3-5-16(13-24)20-22-19(23-27-20)14-7-10-26-11-8-14/h1-2,4,6,14,16H,3,5,7-13H2. The van der Waals surface area contributed by atoms with E-state index in [1.54, 1.807) is 23.1 Å². The fourth-order valence-electron chi connectivity index (χ4n) is 3.86. The number of halogens is 1. The maximum atomic E-state index is 13.8. The average Bonchev–Trinajstić information content (AvgIpc) is 3.21. The van der Waals surface area contributed by atoms with E-state index in [-0.39, 0.29) is 24.1 Å². The topological polar surface area (TPSA) is 68.5 Å². The molecule has 2 aliphatic rings. The Hall–Kier alpha value is -2.28. The Morgan fingerprint density at radius 3 is 2.81 bits per heavy atom. The van der Waals surface area contributed by atoms with Gasteiger partial charge in [0, 0.05) is 32.2 Å². The first-order valence-electron chi connectivity index (χ1n) is 9.63. The highest BCUT2D eigenvalue weighted by atomic mass is 19.1. The van der Waals surface area contributed by atoms with Crippen LogP contribution in [0.4, 0.5) is 4.39 Å². The SMILES string of the molecule is O=C(Cc1ccccc1F)N1CCCC(c2nc(C3CCOCC3)no2)C1. The molecule has 0 aliphatic carbocycles. The van der Waals surface area contributed by atoms with E-state index in [2.05, 4.69) is 10.1 Å². The minimum atomic E-state index is -0.336. The van der Waals surface area contributed by atoms with Gasteiger partial charge in [0.15, 0.2) is 5.82 Å². The van der Waals surface area contributed by atoms with Crippen LogP contribution in [0.3, 0.4) is 0 Å². The van der Waals surface area contributed by atoms with Crippen molar-refractivity contribution in [3.63, 3.8) is 0 Å². The number of likely N-dealkylation sites (tertiary alicyclic amines) is 1. The van der Waals surface area contributed by atoms with Crippen LogP contribution in [0.1, 0.15) is 54.8 Å². The molecule has 0 radical (unpaired) electrons. The molecule has 144 valence electrons. The molecule has 4 rings (SSSR count). The van der Waals surface area contributed by atoms with Gasteiger partial charge in [0.2, 0.25) is 11.8 Å². The van der Waals surface area contributed by atoms with Gasteiger partial charge in [-0.1, -0.05) is 23.4 Å². The molecule has 2 fully saturated rings. The third kappa shape index (κ3) is 4.18. The van der Waals surface area contributed by atoms with E-state index < -0.39 is 0 Å². The van der Waals surface area contributed by atoms with Gasteiger partial charge in [-0.15, -0.1) is 0 Å². The van der Waals surface area contributed by atoms with Crippen LogP contribution in [0.25, 0.3) is 0 Å². The van der Waals surface area contributed by atoms with Crippen molar-refractivity contribution < 1.29 is 18.4 Å². The molecule has 0 spiro atoms. The van der Waals surface area contributed by atoms with Gasteiger partial charge in [0.1, 0.15) is 5.82 Å². The van der Waals surface area contributed by atoms with Gasteiger partial charge in [-0.3, -0.25) is 4.79 Å². The second-order valence-corrected chi connectivity index (χ2v) is 7.32. The summed E-state index contributed by atoms with van der Waals surface area (Å²) < 4.78 is 24.7. The Balaban J connectivity index is 1.40. The quantitative estimate of drug-likeness (QED) is 0.824. The summed E-state index contributed by atoms with van der Waals surface area (Å²) in [5.74, 6) is 1.30. The number of benzene rings is 1. The molecule has 1 aromatic carbocycles. The lowest BCUT2D eigenvalue weighted by molar-refractivity contribution is -0.131. The van der Waals surface area contributed by atoms with Crippen LogP contribution >= 0.6 is 0 Å². The molecule has 0 saturated carbocycles. The van der Waals surface area contributed by atoms with E-state index in [1.165, 1.54) is 6.07 Å². The fourth-order valence-corrected chi connectivity index (χ4v) is 3.86. The molecule has 0 N–H and O–H groups in total. The third-order valence-electron chi connectivity index (χ3n) is 5.47. The summed E-state index contributed by atoms with van der Waals surface area (Å²) in [5.41, 5.74) is 0.434. The van der Waals surface area contributed by atoms with Crippen LogP contribution in [0.5, 0.6) is 0 Å². The number of nitrogens with zero attached hydrogens (tertiary/aromatic N) is 3. The number of carbonyl (C=O) groups excluding carboxylic acids is 1. The van der Waals surface area contributed by atoms with E-state index in [9.17, 15) is 9.18 Å². The van der Waals surface area contributed by atoms with Crippen LogP contribution in [-0.4, -0.2) is 47.3 Å². The van der Waals surface area contributed by atoms with Crippen molar-refractivity contribution in [2.24, 2.45) is 0 Å². The summed E-state index contributed by atoms with van der Waals surface area (Å²) in [6.07, 6.45) is 3.70. The van der Waals surface area contributed by atoms with Gasteiger partial charge in [0.25, 0.3) is 0 Å². The lowest BCUT2D eigenvalue weighted by Gasteiger charge is -2.31. The van der Waals surface area contributed by atoms with E-state index >= 15 is 0 Å². The lowest BCUT2D eigenvalue weighted by atomic mass is 9.96. The average molecular weight is 373 g/mol. The summed E-state index contributed by atoms with van der Waals surface area (Å²) in [4.78, 5) is 19.0.